The minimum absolute atomic E-state index is 0.0149. The predicted molar refractivity (Wildman–Crippen MR) is 92.7 cm³/mol. The second-order valence-electron chi connectivity index (χ2n) is 7.30. The molecule has 0 bridgehead atoms. The van der Waals surface area contributed by atoms with E-state index >= 15 is 0 Å². The highest BCUT2D eigenvalue weighted by atomic mass is 16.4. The van der Waals surface area contributed by atoms with Gasteiger partial charge in [-0.05, 0) is 44.1 Å². The Morgan fingerprint density at radius 2 is 1.50 bits per heavy atom. The summed E-state index contributed by atoms with van der Waals surface area (Å²) in [5.41, 5.74) is 1.32. The van der Waals surface area contributed by atoms with E-state index in [9.17, 15) is 9.59 Å². The number of carbonyl (C=O) groups is 2. The molecule has 2 aliphatic carbocycles. The van der Waals surface area contributed by atoms with Crippen LogP contribution in [0.2, 0.25) is 0 Å². The molecule has 1 amide bonds. The summed E-state index contributed by atoms with van der Waals surface area (Å²) in [6, 6.07) is 10.7. The minimum Gasteiger partial charge on any atom is -0.481 e. The van der Waals surface area contributed by atoms with Crippen LogP contribution in [0.3, 0.4) is 0 Å². The fourth-order valence-electron chi connectivity index (χ4n) is 4.31. The number of carboxylic acid groups (broad SMARTS) is 1. The Morgan fingerprint density at radius 1 is 0.875 bits per heavy atom. The number of nitrogens with one attached hydrogen (secondary N) is 1. The second-order valence-corrected chi connectivity index (χ2v) is 7.30. The molecule has 0 heterocycles. The average Bonchev–Trinajstić information content (AvgIpc) is 2.63. The van der Waals surface area contributed by atoms with Crippen LogP contribution in [0.5, 0.6) is 0 Å². The molecule has 2 saturated carbocycles. The van der Waals surface area contributed by atoms with Gasteiger partial charge in [0.2, 0.25) is 5.91 Å². The third-order valence-electron chi connectivity index (χ3n) is 5.77. The van der Waals surface area contributed by atoms with Gasteiger partial charge in [0.25, 0.3) is 0 Å². The lowest BCUT2D eigenvalue weighted by Gasteiger charge is -2.34. The zero-order chi connectivity index (χ0) is 16.9. The number of hydrogen-bond acceptors (Lipinski definition) is 2. The van der Waals surface area contributed by atoms with Crippen molar-refractivity contribution in [3.63, 3.8) is 0 Å². The lowest BCUT2D eigenvalue weighted by Crippen LogP contribution is -2.44. The molecule has 0 aromatic heterocycles. The molecule has 1 aromatic rings. The highest BCUT2D eigenvalue weighted by Gasteiger charge is 2.33. The van der Waals surface area contributed by atoms with E-state index in [4.69, 9.17) is 5.11 Å². The van der Waals surface area contributed by atoms with Crippen LogP contribution in [0.15, 0.2) is 30.3 Å². The summed E-state index contributed by atoms with van der Waals surface area (Å²) in [6.45, 7) is 0. The smallest absolute Gasteiger partial charge is 0.306 e. The fraction of sp³-hybridized carbons (Fsp3) is 0.600. The first-order chi connectivity index (χ1) is 11.6. The van der Waals surface area contributed by atoms with Crippen molar-refractivity contribution in [1.82, 2.24) is 5.32 Å². The zero-order valence-electron chi connectivity index (χ0n) is 14.1. The number of aliphatic carboxylic acids is 1. The first-order valence-electron chi connectivity index (χ1n) is 9.23. The number of carboxylic acids is 1. The summed E-state index contributed by atoms with van der Waals surface area (Å²) >= 11 is 0. The molecule has 2 N–H and O–H groups in total. The van der Waals surface area contributed by atoms with E-state index in [-0.39, 0.29) is 23.8 Å². The highest BCUT2D eigenvalue weighted by molar-refractivity contribution is 5.79. The molecule has 1 aromatic carbocycles. The van der Waals surface area contributed by atoms with Gasteiger partial charge in [-0.1, -0.05) is 43.2 Å². The van der Waals surface area contributed by atoms with Gasteiger partial charge in [-0.3, -0.25) is 9.59 Å². The molecule has 2 fully saturated rings. The van der Waals surface area contributed by atoms with E-state index in [1.165, 1.54) is 18.4 Å². The average molecular weight is 329 g/mol. The zero-order valence-corrected chi connectivity index (χ0v) is 14.1. The Kier molecular flexibility index (Phi) is 5.54. The molecule has 0 spiro atoms. The lowest BCUT2D eigenvalue weighted by atomic mass is 9.78. The molecular formula is C20H27NO3. The molecule has 2 atom stereocenters. The third-order valence-corrected chi connectivity index (χ3v) is 5.77. The van der Waals surface area contributed by atoms with Gasteiger partial charge in [-0.25, -0.2) is 0 Å². The molecule has 130 valence electrons. The minimum atomic E-state index is -0.717. The van der Waals surface area contributed by atoms with Crippen molar-refractivity contribution < 1.29 is 14.7 Å². The van der Waals surface area contributed by atoms with E-state index in [2.05, 4.69) is 29.6 Å². The van der Waals surface area contributed by atoms with Crippen molar-refractivity contribution in [2.75, 3.05) is 0 Å². The Morgan fingerprint density at radius 3 is 2.17 bits per heavy atom. The summed E-state index contributed by atoms with van der Waals surface area (Å²) in [6.07, 6.45) is 7.20. The number of carbonyl (C=O) groups excluding carboxylic acids is 1. The maximum atomic E-state index is 12.7. The summed E-state index contributed by atoms with van der Waals surface area (Å²) in [5.74, 6) is -0.462. The SMILES string of the molecule is O=C(O)C1CCC(C(=O)NC2CCCCC2c2ccccc2)CC1. The van der Waals surface area contributed by atoms with E-state index in [1.54, 1.807) is 0 Å². The van der Waals surface area contributed by atoms with Crippen molar-refractivity contribution in [3.8, 4) is 0 Å². The maximum absolute atomic E-state index is 12.7. The standard InChI is InChI=1S/C20H27NO3/c22-19(15-10-12-16(13-11-15)20(23)24)21-18-9-5-4-8-17(18)14-6-2-1-3-7-14/h1-3,6-7,15-18H,4-5,8-13H2,(H,21,22)(H,23,24). The van der Waals surface area contributed by atoms with Gasteiger partial charge in [0.1, 0.15) is 0 Å². The quantitative estimate of drug-likeness (QED) is 0.885. The topological polar surface area (TPSA) is 66.4 Å². The normalized spacial score (nSPS) is 30.5. The Balaban J connectivity index is 1.59. The van der Waals surface area contributed by atoms with Gasteiger partial charge in [0, 0.05) is 17.9 Å². The van der Waals surface area contributed by atoms with Crippen LogP contribution in [0.1, 0.15) is 62.8 Å². The molecule has 0 aliphatic heterocycles. The number of benzene rings is 1. The number of hydrogen-bond donors (Lipinski definition) is 2. The second kappa shape index (κ2) is 7.82. The van der Waals surface area contributed by atoms with Crippen LogP contribution >= 0.6 is 0 Å². The molecule has 2 unspecified atom stereocenters. The first-order valence-corrected chi connectivity index (χ1v) is 9.23. The van der Waals surface area contributed by atoms with Crippen LogP contribution < -0.4 is 5.32 Å². The van der Waals surface area contributed by atoms with Gasteiger partial charge >= 0.3 is 5.97 Å². The molecule has 3 rings (SSSR count). The molecule has 4 nitrogen and oxygen atoms in total. The van der Waals surface area contributed by atoms with Crippen molar-refractivity contribution in [3.05, 3.63) is 35.9 Å². The van der Waals surface area contributed by atoms with Crippen molar-refractivity contribution in [2.24, 2.45) is 11.8 Å². The molecular weight excluding hydrogens is 302 g/mol. The highest BCUT2D eigenvalue weighted by Crippen LogP contribution is 2.34. The van der Waals surface area contributed by atoms with Gasteiger partial charge < -0.3 is 10.4 Å². The van der Waals surface area contributed by atoms with E-state index < -0.39 is 5.97 Å². The summed E-state index contributed by atoms with van der Waals surface area (Å²) in [5, 5.41) is 12.4. The molecule has 0 radical (unpaired) electrons. The largest absolute Gasteiger partial charge is 0.481 e. The van der Waals surface area contributed by atoms with Crippen molar-refractivity contribution in [2.45, 2.75) is 63.3 Å². The number of rotatable bonds is 4. The lowest BCUT2D eigenvalue weighted by molar-refractivity contribution is -0.144. The van der Waals surface area contributed by atoms with Gasteiger partial charge in [0.15, 0.2) is 0 Å². The van der Waals surface area contributed by atoms with Gasteiger partial charge in [-0.15, -0.1) is 0 Å². The van der Waals surface area contributed by atoms with Gasteiger partial charge in [0.05, 0.1) is 5.92 Å². The molecule has 0 saturated heterocycles. The Labute approximate surface area is 143 Å². The van der Waals surface area contributed by atoms with E-state index in [1.807, 2.05) is 6.07 Å². The van der Waals surface area contributed by atoms with Gasteiger partial charge in [-0.2, -0.15) is 0 Å². The van der Waals surface area contributed by atoms with E-state index in [0.717, 1.165) is 12.8 Å². The van der Waals surface area contributed by atoms with Crippen LogP contribution in [0.25, 0.3) is 0 Å². The molecule has 2 aliphatic rings. The molecule has 24 heavy (non-hydrogen) atoms. The van der Waals surface area contributed by atoms with Crippen LogP contribution in [-0.2, 0) is 9.59 Å². The van der Waals surface area contributed by atoms with Crippen molar-refractivity contribution >= 4 is 11.9 Å². The number of amides is 1. The predicted octanol–water partition coefficient (Wildman–Crippen LogP) is 3.72. The Bertz CT molecular complexity index is 564. The summed E-state index contributed by atoms with van der Waals surface area (Å²) < 4.78 is 0. The van der Waals surface area contributed by atoms with Crippen LogP contribution in [0, 0.1) is 11.8 Å². The molecule has 4 heteroatoms. The fourth-order valence-corrected chi connectivity index (χ4v) is 4.31. The van der Waals surface area contributed by atoms with Crippen LogP contribution in [0.4, 0.5) is 0 Å². The maximum Gasteiger partial charge on any atom is 0.306 e. The Hall–Kier alpha value is -1.84. The monoisotopic (exact) mass is 329 g/mol. The summed E-state index contributed by atoms with van der Waals surface area (Å²) in [4.78, 5) is 23.7. The van der Waals surface area contributed by atoms with Crippen LogP contribution in [-0.4, -0.2) is 23.0 Å². The summed E-state index contributed by atoms with van der Waals surface area (Å²) in [7, 11) is 0. The third kappa shape index (κ3) is 3.97. The van der Waals surface area contributed by atoms with E-state index in [0.29, 0.717) is 31.6 Å². The van der Waals surface area contributed by atoms with Crippen molar-refractivity contribution in [1.29, 1.82) is 0 Å². The first kappa shape index (κ1) is 17.0.